The summed E-state index contributed by atoms with van der Waals surface area (Å²) in [6.07, 6.45) is 4.40. The third kappa shape index (κ3) is 1.15. The number of piperidine rings is 1. The molecule has 0 radical (unpaired) electrons. The van der Waals surface area contributed by atoms with Crippen molar-refractivity contribution >= 4 is 11.9 Å². The minimum Gasteiger partial charge on any atom is -0.385 e. The van der Waals surface area contributed by atoms with E-state index in [9.17, 15) is 4.79 Å². The Labute approximate surface area is 95.3 Å². The number of hydrogen-bond acceptors (Lipinski definition) is 3. The largest absolute Gasteiger partial charge is 0.385 e. The molecule has 0 bridgehead atoms. The van der Waals surface area contributed by atoms with Crippen LogP contribution < -0.4 is 5.73 Å². The normalized spacial score (nSPS) is 39.3. The highest BCUT2D eigenvalue weighted by Crippen LogP contribution is 2.38. The van der Waals surface area contributed by atoms with Crippen LogP contribution in [0.4, 0.5) is 4.79 Å². The molecule has 3 rings (SSSR count). The van der Waals surface area contributed by atoms with Crippen LogP contribution in [0.5, 0.6) is 0 Å². The number of carbonyl (C=O) groups is 1. The second kappa shape index (κ2) is 3.20. The Kier molecular flexibility index (Phi) is 2.01. The number of urea groups is 1. The fourth-order valence-corrected chi connectivity index (χ4v) is 3.42. The molecule has 0 aromatic rings. The molecule has 5 nitrogen and oxygen atoms in total. The van der Waals surface area contributed by atoms with Crippen molar-refractivity contribution in [2.75, 3.05) is 20.1 Å². The Balaban J connectivity index is 1.89. The molecule has 2 amide bonds. The molecule has 2 N–H and O–H groups in total. The highest BCUT2D eigenvalue weighted by molar-refractivity contribution is 6.05. The van der Waals surface area contributed by atoms with Gasteiger partial charge < -0.3 is 15.5 Å². The van der Waals surface area contributed by atoms with Crippen molar-refractivity contribution in [2.45, 2.75) is 37.3 Å². The number of nitrogens with zero attached hydrogens (tertiary/aromatic N) is 3. The molecule has 88 valence electrons. The maximum Gasteiger partial charge on any atom is 0.345 e. The number of amides is 2. The predicted molar refractivity (Wildman–Crippen MR) is 61.3 cm³/mol. The number of hydrogen-bond donors (Lipinski definition) is 1. The van der Waals surface area contributed by atoms with E-state index in [1.54, 1.807) is 4.90 Å². The van der Waals surface area contributed by atoms with Gasteiger partial charge in [0.1, 0.15) is 11.4 Å². The quantitative estimate of drug-likeness (QED) is 0.645. The number of carbonyl (C=O) groups excluding carboxylic acids is 1. The zero-order valence-corrected chi connectivity index (χ0v) is 9.65. The van der Waals surface area contributed by atoms with Crippen molar-refractivity contribution in [3.05, 3.63) is 0 Å². The lowest BCUT2D eigenvalue weighted by Crippen LogP contribution is -2.60. The molecule has 0 aliphatic carbocycles. The lowest BCUT2D eigenvalue weighted by atomic mass is 9.82. The molecule has 0 aromatic heterocycles. The number of rotatable bonds is 0. The van der Waals surface area contributed by atoms with Gasteiger partial charge in [-0.1, -0.05) is 0 Å². The van der Waals surface area contributed by atoms with Crippen LogP contribution in [-0.4, -0.2) is 53.4 Å². The van der Waals surface area contributed by atoms with E-state index in [2.05, 4.69) is 9.89 Å². The number of likely N-dealkylation sites (N-methyl/N-ethyl adjacent to an activating group) is 1. The Morgan fingerprint density at radius 2 is 2.31 bits per heavy atom. The van der Waals surface area contributed by atoms with Crippen LogP contribution in [0.15, 0.2) is 4.99 Å². The fraction of sp³-hybridized carbons (Fsp3) is 0.818. The van der Waals surface area contributed by atoms with Gasteiger partial charge in [-0.3, -0.25) is 0 Å². The van der Waals surface area contributed by atoms with Crippen LogP contribution in [0.25, 0.3) is 0 Å². The number of fused-ring (bicyclic) bond motifs is 1. The third-order valence-corrected chi connectivity index (χ3v) is 4.51. The Morgan fingerprint density at radius 1 is 1.50 bits per heavy atom. The molecule has 2 fully saturated rings. The van der Waals surface area contributed by atoms with Crippen molar-refractivity contribution in [1.29, 1.82) is 0 Å². The number of aliphatic imine (C=N–C) groups is 1. The molecule has 3 aliphatic heterocycles. The lowest BCUT2D eigenvalue weighted by Gasteiger charge is -2.45. The number of amidine groups is 1. The Morgan fingerprint density at radius 3 is 3.00 bits per heavy atom. The Hall–Kier alpha value is -1.10. The van der Waals surface area contributed by atoms with Crippen molar-refractivity contribution in [1.82, 2.24) is 9.80 Å². The minimum atomic E-state index is -0.275. The van der Waals surface area contributed by atoms with E-state index in [0.29, 0.717) is 11.9 Å². The van der Waals surface area contributed by atoms with E-state index in [1.165, 1.54) is 19.4 Å². The summed E-state index contributed by atoms with van der Waals surface area (Å²) in [7, 11) is 1.83. The maximum atomic E-state index is 11.6. The van der Waals surface area contributed by atoms with Gasteiger partial charge in [-0.05, 0) is 32.2 Å². The van der Waals surface area contributed by atoms with Crippen LogP contribution in [0.2, 0.25) is 0 Å². The van der Waals surface area contributed by atoms with E-state index >= 15 is 0 Å². The van der Waals surface area contributed by atoms with Gasteiger partial charge in [-0.2, -0.15) is 4.99 Å². The monoisotopic (exact) mass is 222 g/mol. The topological polar surface area (TPSA) is 61.9 Å². The van der Waals surface area contributed by atoms with Crippen molar-refractivity contribution in [3.63, 3.8) is 0 Å². The lowest BCUT2D eigenvalue weighted by molar-refractivity contribution is 0.0934. The van der Waals surface area contributed by atoms with Gasteiger partial charge in [0.05, 0.1) is 0 Å². The summed E-state index contributed by atoms with van der Waals surface area (Å²) in [6, 6.07) is 0.416. The second-order valence-corrected chi connectivity index (χ2v) is 5.16. The summed E-state index contributed by atoms with van der Waals surface area (Å²) in [6.45, 7) is 2.24. The van der Waals surface area contributed by atoms with Gasteiger partial charge in [0.2, 0.25) is 0 Å². The van der Waals surface area contributed by atoms with Crippen LogP contribution in [0.3, 0.4) is 0 Å². The average Bonchev–Trinajstić information content (AvgIpc) is 2.80. The van der Waals surface area contributed by atoms with Crippen LogP contribution in [-0.2, 0) is 0 Å². The average molecular weight is 222 g/mol. The van der Waals surface area contributed by atoms with E-state index < -0.39 is 0 Å². The van der Waals surface area contributed by atoms with Crippen molar-refractivity contribution < 1.29 is 4.79 Å². The van der Waals surface area contributed by atoms with E-state index in [0.717, 1.165) is 19.4 Å². The predicted octanol–water partition coefficient (Wildman–Crippen LogP) is 0.406. The summed E-state index contributed by atoms with van der Waals surface area (Å²) < 4.78 is 0. The van der Waals surface area contributed by atoms with Gasteiger partial charge in [0.25, 0.3) is 0 Å². The molecule has 2 saturated heterocycles. The summed E-state index contributed by atoms with van der Waals surface area (Å²) in [5.41, 5.74) is 5.70. The van der Waals surface area contributed by atoms with Gasteiger partial charge in [-0.15, -0.1) is 0 Å². The molecule has 16 heavy (non-hydrogen) atoms. The van der Waals surface area contributed by atoms with Crippen LogP contribution in [0, 0.1) is 0 Å². The molecular weight excluding hydrogens is 204 g/mol. The molecule has 3 aliphatic rings. The molecule has 5 heteroatoms. The fourth-order valence-electron chi connectivity index (χ4n) is 3.42. The van der Waals surface area contributed by atoms with Crippen molar-refractivity contribution in [3.8, 4) is 0 Å². The zero-order chi connectivity index (χ0) is 11.3. The standard InChI is InChI=1S/C11H18N4O/c1-14-10(16)13-9(12)11(14)4-6-15-5-2-3-8(15)7-11/h8H,2-7H2,1H3,(H2,12,13,16). The highest BCUT2D eigenvalue weighted by Gasteiger charge is 2.51. The molecule has 2 atom stereocenters. The molecule has 0 aromatic carbocycles. The molecule has 3 heterocycles. The van der Waals surface area contributed by atoms with E-state index in [4.69, 9.17) is 5.73 Å². The first kappa shape index (κ1) is 10.1. The molecular formula is C11H18N4O. The smallest absolute Gasteiger partial charge is 0.345 e. The minimum absolute atomic E-state index is 0.177. The third-order valence-electron chi connectivity index (χ3n) is 4.51. The van der Waals surface area contributed by atoms with E-state index in [-0.39, 0.29) is 11.6 Å². The maximum absolute atomic E-state index is 11.6. The summed E-state index contributed by atoms with van der Waals surface area (Å²) in [4.78, 5) is 19.8. The SMILES string of the molecule is CN1C(=O)N=C(N)C12CCN1CCCC1C2. The molecule has 0 saturated carbocycles. The van der Waals surface area contributed by atoms with E-state index in [1.807, 2.05) is 7.05 Å². The first-order chi connectivity index (χ1) is 7.63. The van der Waals surface area contributed by atoms with Crippen molar-refractivity contribution in [2.24, 2.45) is 10.7 Å². The number of nitrogens with two attached hydrogens (primary N) is 1. The summed E-state index contributed by atoms with van der Waals surface area (Å²) >= 11 is 0. The second-order valence-electron chi connectivity index (χ2n) is 5.16. The Bertz CT molecular complexity index is 367. The van der Waals surface area contributed by atoms with Crippen LogP contribution >= 0.6 is 0 Å². The summed E-state index contributed by atoms with van der Waals surface area (Å²) in [5.74, 6) is 0.534. The van der Waals surface area contributed by atoms with Gasteiger partial charge in [0.15, 0.2) is 0 Å². The zero-order valence-electron chi connectivity index (χ0n) is 9.65. The van der Waals surface area contributed by atoms with Crippen LogP contribution in [0.1, 0.15) is 25.7 Å². The first-order valence-electron chi connectivity index (χ1n) is 6.00. The highest BCUT2D eigenvalue weighted by atomic mass is 16.2. The molecule has 1 spiro atoms. The molecule has 2 unspecified atom stereocenters. The van der Waals surface area contributed by atoms with Gasteiger partial charge >= 0.3 is 6.03 Å². The van der Waals surface area contributed by atoms with Gasteiger partial charge in [0, 0.05) is 19.6 Å². The summed E-state index contributed by atoms with van der Waals surface area (Å²) in [5, 5.41) is 0. The van der Waals surface area contributed by atoms with Gasteiger partial charge in [-0.25, -0.2) is 4.79 Å². The first-order valence-corrected chi connectivity index (χ1v) is 6.00.